The molecule has 3 aromatic carbocycles. The number of hydrogen-bond acceptors (Lipinski definition) is 2. The Morgan fingerprint density at radius 3 is 2.47 bits per heavy atom. The Kier molecular flexibility index (Phi) is 5.12. The Hall–Kier alpha value is -3.12. The third-order valence-corrected chi connectivity index (χ3v) is 6.48. The summed E-state index contributed by atoms with van der Waals surface area (Å²) in [5, 5.41) is 1.06. The maximum absolute atomic E-state index is 13.1. The maximum Gasteiger partial charge on any atom is 0.416 e. The molecule has 0 bridgehead atoms. The van der Waals surface area contributed by atoms with Crippen LogP contribution >= 0.6 is 11.3 Å². The van der Waals surface area contributed by atoms with Crippen LogP contribution in [0.4, 0.5) is 13.2 Å². The van der Waals surface area contributed by atoms with Gasteiger partial charge in [0.2, 0.25) is 5.91 Å². The molecule has 0 unspecified atom stereocenters. The van der Waals surface area contributed by atoms with E-state index in [0.717, 1.165) is 37.7 Å². The average Bonchev–Trinajstić information content (AvgIpc) is 3.03. The van der Waals surface area contributed by atoms with Gasteiger partial charge in [-0.25, -0.2) is 0 Å². The molecule has 0 saturated heterocycles. The fraction of sp³-hybridized carbons (Fsp3) is 0.125. The van der Waals surface area contributed by atoms with Crippen molar-refractivity contribution in [2.75, 3.05) is 0 Å². The number of rotatable bonds is 4. The highest BCUT2D eigenvalue weighted by atomic mass is 32.1. The summed E-state index contributed by atoms with van der Waals surface area (Å²) in [7, 11) is 0. The van der Waals surface area contributed by atoms with Crippen molar-refractivity contribution in [2.24, 2.45) is 5.73 Å². The average molecular weight is 425 g/mol. The second kappa shape index (κ2) is 7.61. The van der Waals surface area contributed by atoms with E-state index in [2.05, 4.69) is 0 Å². The van der Waals surface area contributed by atoms with Crippen LogP contribution in [0.1, 0.15) is 31.9 Å². The number of aryl methyl sites for hydroxylation is 1. The van der Waals surface area contributed by atoms with Gasteiger partial charge in [0.25, 0.3) is 0 Å². The van der Waals surface area contributed by atoms with Gasteiger partial charge in [0.15, 0.2) is 0 Å². The topological polar surface area (TPSA) is 43.1 Å². The van der Waals surface area contributed by atoms with Crippen LogP contribution in [0.3, 0.4) is 0 Å². The number of nitrogens with two attached hydrogens (primary N) is 1. The first kappa shape index (κ1) is 20.2. The Morgan fingerprint density at radius 2 is 1.73 bits per heavy atom. The molecule has 152 valence electrons. The summed E-state index contributed by atoms with van der Waals surface area (Å²) in [6.07, 6.45) is -3.93. The Labute approximate surface area is 175 Å². The lowest BCUT2D eigenvalue weighted by Gasteiger charge is -2.08. The van der Waals surface area contributed by atoms with Gasteiger partial charge in [-0.15, -0.1) is 11.3 Å². The largest absolute Gasteiger partial charge is 0.416 e. The van der Waals surface area contributed by atoms with Crippen molar-refractivity contribution in [3.8, 4) is 11.1 Å². The zero-order valence-electron chi connectivity index (χ0n) is 16.1. The van der Waals surface area contributed by atoms with Crippen LogP contribution in [-0.4, -0.2) is 5.91 Å². The van der Waals surface area contributed by atoms with Gasteiger partial charge in [0.05, 0.1) is 5.56 Å². The quantitative estimate of drug-likeness (QED) is 0.394. The molecule has 0 aliphatic carbocycles. The molecule has 2 nitrogen and oxygen atoms in total. The van der Waals surface area contributed by atoms with Crippen molar-refractivity contribution >= 4 is 27.3 Å². The molecule has 0 fully saturated rings. The smallest absolute Gasteiger partial charge is 0.366 e. The first-order valence-corrected chi connectivity index (χ1v) is 10.1. The molecule has 2 N–H and O–H groups in total. The number of amides is 1. The molecule has 0 radical (unpaired) electrons. The SMILES string of the molecule is Cc1c(Cc2cccc(C(F)(F)F)c2)sc2c(-c3cccc(C(N)=O)c3)cccc12. The Bertz CT molecular complexity index is 1260. The molecule has 1 aromatic heterocycles. The van der Waals surface area contributed by atoms with Crippen LogP contribution in [0, 0.1) is 6.92 Å². The summed E-state index contributed by atoms with van der Waals surface area (Å²) in [4.78, 5) is 12.6. The first-order valence-electron chi connectivity index (χ1n) is 9.31. The van der Waals surface area contributed by atoms with E-state index in [1.54, 1.807) is 35.6 Å². The van der Waals surface area contributed by atoms with E-state index in [-0.39, 0.29) is 0 Å². The molecule has 4 aromatic rings. The fourth-order valence-corrected chi connectivity index (χ4v) is 4.95. The van der Waals surface area contributed by atoms with Gasteiger partial charge in [0, 0.05) is 21.6 Å². The molecule has 0 saturated carbocycles. The van der Waals surface area contributed by atoms with E-state index < -0.39 is 17.6 Å². The monoisotopic (exact) mass is 425 g/mol. The van der Waals surface area contributed by atoms with Crippen LogP contribution in [0.15, 0.2) is 66.7 Å². The number of halogens is 3. The maximum atomic E-state index is 13.1. The van der Waals surface area contributed by atoms with E-state index in [9.17, 15) is 18.0 Å². The highest BCUT2D eigenvalue weighted by molar-refractivity contribution is 7.19. The van der Waals surface area contributed by atoms with Crippen molar-refractivity contribution in [1.82, 2.24) is 0 Å². The number of primary amides is 1. The number of benzene rings is 3. The van der Waals surface area contributed by atoms with E-state index in [1.165, 1.54) is 12.1 Å². The predicted molar refractivity (Wildman–Crippen MR) is 115 cm³/mol. The number of carbonyl (C=O) groups excluding carboxylic acids is 1. The van der Waals surface area contributed by atoms with Crippen LogP contribution in [0.2, 0.25) is 0 Å². The molecule has 0 aliphatic heterocycles. The van der Waals surface area contributed by atoms with E-state index in [1.807, 2.05) is 31.2 Å². The van der Waals surface area contributed by atoms with Crippen molar-refractivity contribution in [1.29, 1.82) is 0 Å². The standard InChI is InChI=1S/C24H18F3NOS/c1-14-19-9-4-10-20(16-6-3-7-17(13-16)23(28)29)22(19)30-21(14)12-15-5-2-8-18(11-15)24(25,26)27/h2-11,13H,12H2,1H3,(H2,28,29). The van der Waals surface area contributed by atoms with E-state index >= 15 is 0 Å². The molecule has 1 heterocycles. The number of alkyl halides is 3. The normalized spacial score (nSPS) is 11.7. The molecule has 4 rings (SSSR count). The number of thiophene rings is 1. The summed E-state index contributed by atoms with van der Waals surface area (Å²) in [6.45, 7) is 1.99. The van der Waals surface area contributed by atoms with E-state index in [4.69, 9.17) is 5.73 Å². The van der Waals surface area contributed by atoms with Crippen LogP contribution in [-0.2, 0) is 12.6 Å². The summed E-state index contributed by atoms with van der Waals surface area (Å²) < 4.78 is 40.2. The van der Waals surface area contributed by atoms with Gasteiger partial charge in [-0.3, -0.25) is 4.79 Å². The predicted octanol–water partition coefficient (Wildman–Crippen LogP) is 6.59. The summed E-state index contributed by atoms with van der Waals surface area (Å²) >= 11 is 1.57. The minimum Gasteiger partial charge on any atom is -0.366 e. The molecular formula is C24H18F3NOS. The molecule has 6 heteroatoms. The second-order valence-electron chi connectivity index (χ2n) is 7.15. The van der Waals surface area contributed by atoms with Gasteiger partial charge in [-0.2, -0.15) is 13.2 Å². The van der Waals surface area contributed by atoms with Crippen LogP contribution < -0.4 is 5.73 Å². The van der Waals surface area contributed by atoms with Gasteiger partial charge < -0.3 is 5.73 Å². The first-order chi connectivity index (χ1) is 14.2. The second-order valence-corrected chi connectivity index (χ2v) is 8.26. The third-order valence-electron chi connectivity index (χ3n) is 5.14. The zero-order valence-corrected chi connectivity index (χ0v) is 16.9. The number of fused-ring (bicyclic) bond motifs is 1. The van der Waals surface area contributed by atoms with Gasteiger partial charge in [0.1, 0.15) is 0 Å². The van der Waals surface area contributed by atoms with Crippen molar-refractivity contribution < 1.29 is 18.0 Å². The van der Waals surface area contributed by atoms with Crippen molar-refractivity contribution in [3.05, 3.63) is 93.9 Å². The highest BCUT2D eigenvalue weighted by Crippen LogP contribution is 2.39. The van der Waals surface area contributed by atoms with Crippen LogP contribution in [0.5, 0.6) is 0 Å². The molecule has 0 atom stereocenters. The van der Waals surface area contributed by atoms with Crippen molar-refractivity contribution in [2.45, 2.75) is 19.5 Å². The highest BCUT2D eigenvalue weighted by Gasteiger charge is 2.30. The molecule has 0 aliphatic rings. The van der Waals surface area contributed by atoms with Crippen molar-refractivity contribution in [3.63, 3.8) is 0 Å². The molecule has 1 amide bonds. The van der Waals surface area contributed by atoms with Crippen LogP contribution in [0.25, 0.3) is 21.2 Å². The van der Waals surface area contributed by atoms with Gasteiger partial charge >= 0.3 is 6.18 Å². The lowest BCUT2D eigenvalue weighted by molar-refractivity contribution is -0.137. The molecule has 30 heavy (non-hydrogen) atoms. The summed E-state index contributed by atoms with van der Waals surface area (Å²) in [5.74, 6) is -0.489. The lowest BCUT2D eigenvalue weighted by atomic mass is 9.99. The summed E-state index contributed by atoms with van der Waals surface area (Å²) in [6, 6.07) is 18.5. The minimum atomic E-state index is -4.36. The van der Waals surface area contributed by atoms with Gasteiger partial charge in [-0.05, 0) is 52.8 Å². The number of hydrogen-bond donors (Lipinski definition) is 1. The summed E-state index contributed by atoms with van der Waals surface area (Å²) in [5.41, 5.74) is 8.74. The minimum absolute atomic E-state index is 0.426. The number of carbonyl (C=O) groups is 1. The Balaban J connectivity index is 1.78. The lowest BCUT2D eigenvalue weighted by Crippen LogP contribution is -2.10. The van der Waals surface area contributed by atoms with E-state index in [0.29, 0.717) is 17.5 Å². The van der Waals surface area contributed by atoms with Gasteiger partial charge in [-0.1, -0.05) is 48.5 Å². The third kappa shape index (κ3) is 3.83. The zero-order chi connectivity index (χ0) is 21.5. The molecule has 0 spiro atoms. The Morgan fingerprint density at radius 1 is 1.00 bits per heavy atom. The molecular weight excluding hydrogens is 407 g/mol. The fourth-order valence-electron chi connectivity index (χ4n) is 3.57.